The summed E-state index contributed by atoms with van der Waals surface area (Å²) in [5, 5.41) is 9.03. The van der Waals surface area contributed by atoms with Crippen LogP contribution in [0.25, 0.3) is 0 Å². The highest BCUT2D eigenvalue weighted by Crippen LogP contribution is 2.26. The van der Waals surface area contributed by atoms with Crippen molar-refractivity contribution >= 4 is 29.6 Å². The van der Waals surface area contributed by atoms with E-state index in [-0.39, 0.29) is 0 Å². The van der Waals surface area contributed by atoms with Gasteiger partial charge < -0.3 is 14.9 Å². The van der Waals surface area contributed by atoms with Crippen LogP contribution < -0.4 is 9.80 Å². The number of hydrogen-bond donors (Lipinski definition) is 1. The number of aromatic nitrogens is 3. The molecule has 2 saturated heterocycles. The van der Waals surface area contributed by atoms with Crippen LogP contribution in [0.2, 0.25) is 0 Å². The van der Waals surface area contributed by atoms with E-state index in [4.69, 9.17) is 5.11 Å². The first-order valence-corrected chi connectivity index (χ1v) is 8.67. The highest BCUT2D eigenvalue weighted by molar-refractivity contribution is 8.00. The van der Waals surface area contributed by atoms with Crippen LogP contribution in [0.15, 0.2) is 5.16 Å². The van der Waals surface area contributed by atoms with Gasteiger partial charge in [-0.25, -0.2) is 0 Å². The first kappa shape index (κ1) is 15.3. The van der Waals surface area contributed by atoms with Crippen molar-refractivity contribution in [3.63, 3.8) is 0 Å². The number of hydrogen-bond acceptors (Lipinski definition) is 7. The lowest BCUT2D eigenvalue weighted by atomic mass is 10.4. The van der Waals surface area contributed by atoms with Crippen LogP contribution in [-0.4, -0.2) is 57.5 Å². The molecule has 0 bridgehead atoms. The topological polar surface area (TPSA) is 82.5 Å². The van der Waals surface area contributed by atoms with Gasteiger partial charge in [-0.1, -0.05) is 11.8 Å². The molecule has 1 N–H and O–H groups in total. The molecule has 120 valence electrons. The Kier molecular flexibility index (Phi) is 4.66. The Bertz CT molecular complexity index is 510. The number of anilines is 2. The maximum Gasteiger partial charge on any atom is 0.316 e. The van der Waals surface area contributed by atoms with Crippen molar-refractivity contribution in [2.45, 2.75) is 43.0 Å². The summed E-state index contributed by atoms with van der Waals surface area (Å²) in [5.74, 6) is 0.528. The van der Waals surface area contributed by atoms with Gasteiger partial charge in [0, 0.05) is 26.2 Å². The third-order valence-electron chi connectivity index (χ3n) is 4.00. The van der Waals surface area contributed by atoms with E-state index < -0.39 is 11.2 Å². The summed E-state index contributed by atoms with van der Waals surface area (Å²) in [6.07, 6.45) is 4.61. The predicted octanol–water partition coefficient (Wildman–Crippen LogP) is 1.64. The van der Waals surface area contributed by atoms with Crippen molar-refractivity contribution in [3.05, 3.63) is 0 Å². The molecule has 2 aliphatic heterocycles. The predicted molar refractivity (Wildman–Crippen MR) is 85.7 cm³/mol. The average molecular weight is 323 g/mol. The minimum absolute atomic E-state index is 0.508. The first-order valence-electron chi connectivity index (χ1n) is 7.79. The van der Waals surface area contributed by atoms with Crippen LogP contribution in [-0.2, 0) is 4.79 Å². The normalized spacial score (nSPS) is 19.7. The van der Waals surface area contributed by atoms with Gasteiger partial charge in [-0.15, -0.1) is 0 Å². The van der Waals surface area contributed by atoms with E-state index in [0.29, 0.717) is 17.1 Å². The fourth-order valence-corrected chi connectivity index (χ4v) is 3.40. The lowest BCUT2D eigenvalue weighted by Gasteiger charge is -2.20. The molecule has 3 rings (SSSR count). The molecule has 0 radical (unpaired) electrons. The molecule has 0 aromatic carbocycles. The molecule has 0 saturated carbocycles. The molecular formula is C14H21N5O2S. The second-order valence-electron chi connectivity index (χ2n) is 5.70. The molecule has 2 fully saturated rings. The summed E-state index contributed by atoms with van der Waals surface area (Å²) in [6, 6.07) is 0. The van der Waals surface area contributed by atoms with Crippen LogP contribution in [0.5, 0.6) is 0 Å². The molecule has 7 nitrogen and oxygen atoms in total. The fourth-order valence-electron chi connectivity index (χ4n) is 2.71. The van der Waals surface area contributed by atoms with Crippen LogP contribution in [0.4, 0.5) is 11.9 Å². The highest BCUT2D eigenvalue weighted by atomic mass is 32.2. The van der Waals surface area contributed by atoms with E-state index in [2.05, 4.69) is 24.8 Å². The maximum absolute atomic E-state index is 11.1. The summed E-state index contributed by atoms with van der Waals surface area (Å²) >= 11 is 1.18. The van der Waals surface area contributed by atoms with E-state index in [1.807, 2.05) is 0 Å². The van der Waals surface area contributed by atoms with E-state index >= 15 is 0 Å². The van der Waals surface area contributed by atoms with Crippen LogP contribution in [0.3, 0.4) is 0 Å². The third-order valence-corrected chi connectivity index (χ3v) is 4.95. The molecule has 2 aliphatic rings. The molecule has 1 atom stereocenters. The van der Waals surface area contributed by atoms with Crippen molar-refractivity contribution in [1.29, 1.82) is 0 Å². The maximum atomic E-state index is 11.1. The van der Waals surface area contributed by atoms with E-state index in [1.165, 1.54) is 11.8 Å². The first-order chi connectivity index (χ1) is 10.6. The second-order valence-corrected chi connectivity index (χ2v) is 7.01. The molecule has 1 unspecified atom stereocenters. The molecule has 0 aliphatic carbocycles. The number of rotatable bonds is 5. The van der Waals surface area contributed by atoms with Crippen molar-refractivity contribution in [1.82, 2.24) is 15.0 Å². The summed E-state index contributed by atoms with van der Waals surface area (Å²) in [6.45, 7) is 5.50. The van der Waals surface area contributed by atoms with E-state index in [0.717, 1.165) is 51.9 Å². The zero-order valence-corrected chi connectivity index (χ0v) is 13.6. The van der Waals surface area contributed by atoms with Gasteiger partial charge in [0.05, 0.1) is 0 Å². The molecule has 3 heterocycles. The Hall–Kier alpha value is -1.57. The molecule has 22 heavy (non-hydrogen) atoms. The van der Waals surface area contributed by atoms with E-state index in [9.17, 15) is 4.79 Å². The summed E-state index contributed by atoms with van der Waals surface area (Å²) < 4.78 is 0. The Morgan fingerprint density at radius 1 is 1.00 bits per heavy atom. The van der Waals surface area contributed by atoms with Gasteiger partial charge in [-0.05, 0) is 32.6 Å². The van der Waals surface area contributed by atoms with Crippen molar-refractivity contribution in [2.75, 3.05) is 36.0 Å². The smallest absolute Gasteiger partial charge is 0.316 e. The molecule has 1 aromatic rings. The molecule has 1 aromatic heterocycles. The van der Waals surface area contributed by atoms with Gasteiger partial charge in [0.25, 0.3) is 0 Å². The van der Waals surface area contributed by atoms with E-state index in [1.54, 1.807) is 6.92 Å². The quantitative estimate of drug-likeness (QED) is 0.819. The van der Waals surface area contributed by atoms with Crippen LogP contribution in [0, 0.1) is 0 Å². The second kappa shape index (κ2) is 6.68. The number of carboxylic acid groups (broad SMARTS) is 1. The molecule has 8 heteroatoms. The highest BCUT2D eigenvalue weighted by Gasteiger charge is 2.23. The van der Waals surface area contributed by atoms with Crippen LogP contribution in [0.1, 0.15) is 32.6 Å². The van der Waals surface area contributed by atoms with Gasteiger partial charge in [-0.3, -0.25) is 4.79 Å². The summed E-state index contributed by atoms with van der Waals surface area (Å²) in [7, 11) is 0. The summed E-state index contributed by atoms with van der Waals surface area (Å²) in [4.78, 5) is 29.0. The van der Waals surface area contributed by atoms with Crippen molar-refractivity contribution < 1.29 is 9.90 Å². The zero-order chi connectivity index (χ0) is 15.5. The molecule has 0 spiro atoms. The van der Waals surface area contributed by atoms with Gasteiger partial charge in [0.1, 0.15) is 5.25 Å². The minimum atomic E-state index is -0.851. The number of carbonyl (C=O) groups is 1. The standard InChI is InChI=1S/C14H21N5O2S/c1-10(11(20)21)22-14-16-12(18-6-2-3-7-18)15-13(17-14)19-8-4-5-9-19/h10H,2-9H2,1H3,(H,20,21). The zero-order valence-electron chi connectivity index (χ0n) is 12.7. The lowest BCUT2D eigenvalue weighted by Crippen LogP contribution is -2.26. The van der Waals surface area contributed by atoms with Crippen molar-refractivity contribution in [2.24, 2.45) is 0 Å². The van der Waals surface area contributed by atoms with Crippen LogP contribution >= 0.6 is 11.8 Å². The summed E-state index contributed by atoms with van der Waals surface area (Å²) in [5.41, 5.74) is 0. The number of aliphatic carboxylic acids is 1. The van der Waals surface area contributed by atoms with Gasteiger partial charge >= 0.3 is 5.97 Å². The lowest BCUT2D eigenvalue weighted by molar-refractivity contribution is -0.136. The average Bonchev–Trinajstić information content (AvgIpc) is 3.20. The fraction of sp³-hybridized carbons (Fsp3) is 0.714. The SMILES string of the molecule is CC(Sc1nc(N2CCCC2)nc(N2CCCC2)n1)C(=O)O. The monoisotopic (exact) mass is 323 g/mol. The Morgan fingerprint density at radius 2 is 1.45 bits per heavy atom. The van der Waals surface area contributed by atoms with Gasteiger partial charge in [0.15, 0.2) is 5.16 Å². The molecular weight excluding hydrogens is 302 g/mol. The minimum Gasteiger partial charge on any atom is -0.480 e. The Morgan fingerprint density at radius 3 is 1.86 bits per heavy atom. The van der Waals surface area contributed by atoms with Crippen molar-refractivity contribution in [3.8, 4) is 0 Å². The largest absolute Gasteiger partial charge is 0.480 e. The molecule has 0 amide bonds. The Labute approximate surface area is 134 Å². The number of nitrogens with zero attached hydrogens (tertiary/aromatic N) is 5. The third kappa shape index (κ3) is 3.43. The van der Waals surface area contributed by atoms with Gasteiger partial charge in [-0.2, -0.15) is 15.0 Å². The van der Waals surface area contributed by atoms with Gasteiger partial charge in [0.2, 0.25) is 11.9 Å². The number of thioether (sulfide) groups is 1. The Balaban J connectivity index is 1.88. The number of carboxylic acids is 1.